The number of aromatic amines is 4. The van der Waals surface area contributed by atoms with E-state index in [1.165, 1.54) is 34.3 Å². The van der Waals surface area contributed by atoms with Crippen molar-refractivity contribution in [2.45, 2.75) is 303 Å². The van der Waals surface area contributed by atoms with Crippen LogP contribution >= 0.6 is 18.0 Å². The zero-order valence-corrected chi connectivity index (χ0v) is 85.2. The van der Waals surface area contributed by atoms with Crippen LogP contribution in [0.15, 0.2) is 69.3 Å². The third kappa shape index (κ3) is 24.4. The second-order valence-corrected chi connectivity index (χ2v) is 49.1. The van der Waals surface area contributed by atoms with Crippen LogP contribution in [0.2, 0.25) is 33.2 Å². The van der Waals surface area contributed by atoms with Crippen molar-refractivity contribution < 1.29 is 109 Å². The van der Waals surface area contributed by atoms with Gasteiger partial charge in [0.15, 0.2) is 94.1 Å². The first-order chi connectivity index (χ1) is 65.7. The Kier molecular flexibility index (Phi) is 39.6. The highest BCUT2D eigenvalue weighted by atomic mass is 31.2. The largest absolute Gasteiger partial charge is 0.506 e. The van der Waals surface area contributed by atoms with Crippen LogP contribution in [-0.4, -0.2) is 295 Å². The molecule has 4 aliphatic heterocycles. The van der Waals surface area contributed by atoms with Crippen LogP contribution in [0.25, 0.3) is 65.9 Å². The maximum absolute atomic E-state index is 16.4. The number of carbonyl (C=O) groups is 4. The summed E-state index contributed by atoms with van der Waals surface area (Å²) >= 11 is 0. The minimum Gasteiger partial charge on any atom is -0.450 e. The second kappa shape index (κ2) is 49.0. The van der Waals surface area contributed by atoms with Gasteiger partial charge in [-0.3, -0.25) is 91.1 Å². The monoisotopic (exact) mass is 2040 g/mol. The molecule has 12 N–H and O–H groups in total. The summed E-state index contributed by atoms with van der Waals surface area (Å²) in [5.41, 5.74) is -0.856. The number of ether oxygens (including phenoxy) is 6. The molecule has 4 fully saturated rings. The van der Waals surface area contributed by atoms with Crippen LogP contribution in [0, 0.1) is 25.0 Å². The van der Waals surface area contributed by atoms with Crippen molar-refractivity contribution in [3.05, 3.63) is 114 Å². The van der Waals surface area contributed by atoms with Crippen molar-refractivity contribution >= 4 is 127 Å². The molecule has 2 amide bonds. The molecule has 14 heterocycles. The third-order valence-corrected chi connectivity index (χ3v) is 39.0. The van der Waals surface area contributed by atoms with Crippen molar-refractivity contribution in [2.75, 3.05) is 56.8 Å². The third-order valence-electron chi connectivity index (χ3n) is 24.5. The minimum atomic E-state index is -2.89. The molecule has 0 aromatic carbocycles. The van der Waals surface area contributed by atoms with Crippen molar-refractivity contribution in [1.29, 1.82) is 0 Å². The number of H-pyrrole nitrogens is 4. The number of alkyl halides is 2. The number of anilines is 2. The van der Waals surface area contributed by atoms with E-state index in [1.807, 2.05) is 0 Å². The highest BCUT2D eigenvalue weighted by molar-refractivity contribution is 7.41. The Morgan fingerprint density at radius 3 is 1.26 bits per heavy atom. The van der Waals surface area contributed by atoms with Gasteiger partial charge in [-0.05, 0) is 67.4 Å². The molecule has 0 saturated carbocycles. The van der Waals surface area contributed by atoms with Gasteiger partial charge < -0.3 is 91.2 Å². The van der Waals surface area contributed by atoms with E-state index in [0.717, 1.165) is 6.33 Å². The Morgan fingerprint density at radius 1 is 0.521 bits per heavy atom. The number of nitrogens with zero attached hydrogens (tertiary/aromatic N) is 17. The zero-order chi connectivity index (χ0) is 103. The summed E-state index contributed by atoms with van der Waals surface area (Å²) in [4.78, 5) is 150. The van der Waals surface area contributed by atoms with Gasteiger partial charge in [0.2, 0.25) is 65.0 Å². The van der Waals surface area contributed by atoms with Gasteiger partial charge in [-0.1, -0.05) is 135 Å². The van der Waals surface area contributed by atoms with E-state index in [0.29, 0.717) is 29.9 Å². The molecule has 0 spiro atoms. The summed E-state index contributed by atoms with van der Waals surface area (Å²) in [5, 5.41) is 62.9. The summed E-state index contributed by atoms with van der Waals surface area (Å²) in [6, 6.07) is 1.28. The fraction of sp³-hybridized carbons (Fsp3) is 0.651. The molecule has 54 heteroatoms. The molecular formula is C86H131F2N23O25P2Si2. The first-order valence-corrected chi connectivity index (χ1v) is 51.5. The molecule has 18 atom stereocenters. The zero-order valence-electron chi connectivity index (χ0n) is 81.1. The summed E-state index contributed by atoms with van der Waals surface area (Å²) in [6.45, 7) is 53.7. The molecule has 140 heavy (non-hydrogen) atoms. The topological polar surface area (TPSA) is 590 Å². The maximum atomic E-state index is 16.4. The molecule has 14 rings (SSSR count). The van der Waals surface area contributed by atoms with Gasteiger partial charge in [0.25, 0.3) is 22.2 Å². The van der Waals surface area contributed by atoms with Crippen molar-refractivity contribution in [1.82, 2.24) is 91.5 Å². The number of carbonyl (C=O) groups excluding carboxylic acids is 2. The van der Waals surface area contributed by atoms with Crippen LogP contribution in [-0.2, 0) is 60.4 Å². The molecule has 48 nitrogen and oxygen atoms in total. The lowest BCUT2D eigenvalue weighted by atomic mass is 10.1. The first-order valence-electron chi connectivity index (χ1n) is 45.6. The molecule has 0 aliphatic carbocycles. The number of aromatic nitrogens is 18. The number of imidazole rings is 6. The van der Waals surface area contributed by atoms with E-state index in [4.69, 9.17) is 69.1 Å². The Bertz CT molecular complexity index is 6140. The van der Waals surface area contributed by atoms with E-state index in [-0.39, 0.29) is 135 Å². The van der Waals surface area contributed by atoms with E-state index in [9.17, 15) is 68.3 Å². The summed E-state index contributed by atoms with van der Waals surface area (Å²) in [6.07, 6.45) is -11.2. The molecule has 0 radical (unpaired) electrons. The summed E-state index contributed by atoms with van der Waals surface area (Å²) < 4.78 is 109. The van der Waals surface area contributed by atoms with Gasteiger partial charge in [0.05, 0.1) is 51.2 Å². The van der Waals surface area contributed by atoms with Crippen molar-refractivity contribution in [2.24, 2.45) is 11.8 Å². The molecule has 772 valence electrons. The SMILES string of the molecule is C.CC(C)N(P)C(C)C.CC(C)[Si](O[C@@H]1[C@H](OC(=O)O)[C@@H](CO)O[C@H]1n1cnc2c(=O)[nH]c3nccn3c21)(C(C)C)C(C)C.CC[C@H]1O[C@@H](n2cnc3c(=O)[nH]c(NC(=O)C(C)C)nc32)[C@H](O)[C@@H]1F.[C-]#[N+]CCO.[C-]#[N+]CCOP(OC[C@H]1O[C@@H](n2cnc3c(=O)[nH]c4nccn4c32)[C@H](O[Si](C(C)C)(C(C)C)C(C)C)[C@@H]1OC(=O)O)O[C@@H]1[C@H](F)[C@@H](CO)O[C@H]1n1cnc2c(=O)[nH]c(NC(=O)C(C)C)nc21. The smallest absolute Gasteiger partial charge is 0.450 e. The highest BCUT2D eigenvalue weighted by Gasteiger charge is 2.59. The van der Waals surface area contributed by atoms with Gasteiger partial charge in [-0.15, -0.1) is 0 Å². The van der Waals surface area contributed by atoms with E-state index < -0.39 is 190 Å². The molecule has 4 aliphatic rings. The van der Waals surface area contributed by atoms with Gasteiger partial charge in [0.1, 0.15) is 55.9 Å². The van der Waals surface area contributed by atoms with Crippen LogP contribution in [0.4, 0.5) is 30.3 Å². The summed E-state index contributed by atoms with van der Waals surface area (Å²) in [7, 11) is -5.39. The highest BCUT2D eigenvalue weighted by Crippen LogP contribution is 2.52. The quantitative estimate of drug-likeness (QED) is 0.00586. The predicted molar refractivity (Wildman–Crippen MR) is 517 cm³/mol. The number of rotatable bonds is 34. The predicted octanol–water partition coefficient (Wildman–Crippen LogP) is 10.4. The Balaban J connectivity index is 0.000000245. The fourth-order valence-corrected chi connectivity index (χ4v) is 30.2. The lowest BCUT2D eigenvalue weighted by Crippen LogP contribution is -2.54. The number of nitrogens with one attached hydrogen (secondary N) is 6. The fourth-order valence-electron chi connectivity index (χ4n) is 18.0. The maximum Gasteiger partial charge on any atom is 0.506 e. The van der Waals surface area contributed by atoms with Crippen molar-refractivity contribution in [3.8, 4) is 0 Å². The Morgan fingerprint density at radius 2 is 0.900 bits per heavy atom. The average Bonchev–Trinajstić information content (AvgIpc) is 1.58. The van der Waals surface area contributed by atoms with Crippen LogP contribution in [0.5, 0.6) is 0 Å². The van der Waals surface area contributed by atoms with E-state index in [1.54, 1.807) is 71.1 Å². The molecule has 0 bridgehead atoms. The molecule has 2 unspecified atom stereocenters. The molecule has 10 aromatic heterocycles. The number of hydrogen-bond acceptors (Lipinski definition) is 32. The Hall–Kier alpha value is -10.5. The first kappa shape index (κ1) is 113. The number of aliphatic hydroxyl groups excluding tert-OH is 4. The summed E-state index contributed by atoms with van der Waals surface area (Å²) in [5.74, 6) is -1.24. The lowest BCUT2D eigenvalue weighted by Gasteiger charge is -2.45. The van der Waals surface area contributed by atoms with Gasteiger partial charge in [0, 0.05) is 48.7 Å². The number of aliphatic hydroxyl groups is 4. The Labute approximate surface area is 809 Å². The molecule has 4 saturated heterocycles. The molecular weight excluding hydrogens is 1910 g/mol. The lowest BCUT2D eigenvalue weighted by molar-refractivity contribution is -0.119. The van der Waals surface area contributed by atoms with Crippen LogP contribution < -0.4 is 32.9 Å². The van der Waals surface area contributed by atoms with Gasteiger partial charge >= 0.3 is 20.9 Å². The number of amides is 2. The normalized spacial score (nSPS) is 22.9. The van der Waals surface area contributed by atoms with E-state index >= 15 is 4.39 Å². The second-order valence-electron chi connectivity index (χ2n) is 36.5. The number of halogens is 2. The minimum absolute atomic E-state index is 0. The number of carboxylic acid groups (broad SMARTS) is 2. The molecule has 10 aromatic rings. The average molecular weight is 2040 g/mol. The van der Waals surface area contributed by atoms with Gasteiger partial charge in [-0.2, -0.15) is 9.97 Å². The number of fused-ring (bicyclic) bond motifs is 8. The van der Waals surface area contributed by atoms with E-state index in [2.05, 4.69) is 205 Å². The standard InChI is InChI=1S/C39H53FN11O13PSi.C22H33N5O7Si.C15H20FN5O4.C6H16NP.C3H5NO.CH4/c1-18(2)31(53)46-37-45-30-25(32(54)47-37)43-16-50(30)35-28(24(40)22(14-52)60-35)63-65(58-13-11-41-9)59-15-23-27(62-39(56)57)29(64-66(19(3)4,20(5)6)21(7)8)36(61-23)51-17-44-26-33(55)48-38-42-10-12-49(38)34(26)51;1-11(2)35(12(3)4,13(5)6)34-17-16(33-22(30)31)14(9-28)32-20(17)27-10-24-15-18(29)25-21-23-7-8-26(21)19(15)27;1-4-7-8(16)10(22)14(25-7)21-5-17-9-11(21)18-15(20-13(9)24)19-12(23)6(2)3;1-5(2)7(8)6(3)4;1-4-2-3-5;/h10,12,16-24,27-29,35-36,52H,11,13-15H2,1-8H3,(H,56,57)(H,42,48,55)(H2,45,46,47,53,54);7-8,10-14,16-17,20,28H,9H2,1-6H3,(H,30,31)(H,23,25,29);5-8,10,14,22H,4H2,1-3H3,(H2,18,19,20,23,24);5-6H,8H2,1-4H3;5H,2-3H2;1H4/t22-,23-,24-,27-,28-,29-,35-,36-,65?;14-,16-,17-,20-;7-,8-,10-,14-;;;/m111.../s1. The van der Waals surface area contributed by atoms with Crippen LogP contribution in [0.1, 0.15) is 184 Å². The van der Waals surface area contributed by atoms with Gasteiger partial charge in [-0.25, -0.2) is 61.4 Å². The van der Waals surface area contributed by atoms with Crippen LogP contribution in [0.3, 0.4) is 0 Å². The van der Waals surface area contributed by atoms with Crippen molar-refractivity contribution in [3.63, 3.8) is 0 Å². The number of hydrogen-bond donors (Lipinski definition) is 12.